The third kappa shape index (κ3) is 8.06. The van der Waals surface area contributed by atoms with Gasteiger partial charge >= 0.3 is 6.09 Å². The van der Waals surface area contributed by atoms with Crippen molar-refractivity contribution in [2.24, 2.45) is 0 Å². The molecule has 0 saturated heterocycles. The Morgan fingerprint density at radius 2 is 1.79 bits per heavy atom. The number of ether oxygens (including phenoxy) is 1. The Balaban J connectivity index is 1.01. The minimum absolute atomic E-state index is 0.0129. The molecule has 4 heterocycles. The van der Waals surface area contributed by atoms with E-state index in [0.29, 0.717) is 35.0 Å². The van der Waals surface area contributed by atoms with Crippen LogP contribution >= 0.6 is 0 Å². The van der Waals surface area contributed by atoms with Gasteiger partial charge in [0.15, 0.2) is 17.5 Å². The number of hydrogen-bond donors (Lipinski definition) is 4. The van der Waals surface area contributed by atoms with Crippen LogP contribution in [0.3, 0.4) is 0 Å². The molecule has 0 radical (unpaired) electrons. The first-order valence-corrected chi connectivity index (χ1v) is 15.6. The number of hydrogen-bond acceptors (Lipinski definition) is 8. The predicted molar refractivity (Wildman–Crippen MR) is 171 cm³/mol. The van der Waals surface area contributed by atoms with E-state index in [-0.39, 0.29) is 53.8 Å². The Labute approximate surface area is 273 Å². The number of alkyl carbamates (subject to hydrolysis) is 1. The number of pyridine rings is 2. The molecule has 3 atom stereocenters. The van der Waals surface area contributed by atoms with Crippen molar-refractivity contribution in [3.8, 4) is 11.4 Å². The number of carbonyl (C=O) groups excluding carboxylic acids is 2. The fourth-order valence-corrected chi connectivity index (χ4v) is 5.77. The summed E-state index contributed by atoms with van der Waals surface area (Å²) in [6, 6.07) is 9.97. The van der Waals surface area contributed by atoms with Crippen LogP contribution in [0, 0.1) is 17.5 Å². The summed E-state index contributed by atoms with van der Waals surface area (Å²) in [6.07, 6.45) is 7.90. The molecule has 1 aliphatic carbocycles. The van der Waals surface area contributed by atoms with Gasteiger partial charge in [0.2, 0.25) is 0 Å². The Morgan fingerprint density at radius 3 is 2.62 bits per heavy atom. The van der Waals surface area contributed by atoms with Crippen LogP contribution in [-0.2, 0) is 17.8 Å². The van der Waals surface area contributed by atoms with Crippen molar-refractivity contribution in [3.63, 3.8) is 0 Å². The first-order valence-electron chi connectivity index (χ1n) is 15.6. The fraction of sp³-hybridized carbons (Fsp3) is 0.294. The Kier molecular flexibility index (Phi) is 9.78. The van der Waals surface area contributed by atoms with Gasteiger partial charge in [-0.15, -0.1) is 0 Å². The SMILES string of the molecule is CC(Cc1ccc(F)cc1)NC(=O)OCc1ccnc(C(=O)N[C@H]2CCC[C@@H](Nc3nc(-c4c[nH]c5ncc(F)cc45)ncc3F)C2)c1. The zero-order valence-corrected chi connectivity index (χ0v) is 26.0. The maximum atomic E-state index is 14.8. The highest BCUT2D eigenvalue weighted by atomic mass is 19.1. The molecule has 0 spiro atoms. The van der Waals surface area contributed by atoms with E-state index in [1.807, 2.05) is 6.92 Å². The maximum absolute atomic E-state index is 14.8. The molecule has 0 bridgehead atoms. The number of amides is 2. The van der Waals surface area contributed by atoms with Crippen LogP contribution in [0.15, 0.2) is 67.3 Å². The first-order chi connectivity index (χ1) is 23.2. The number of rotatable bonds is 10. The van der Waals surface area contributed by atoms with Gasteiger partial charge in [0.25, 0.3) is 5.91 Å². The lowest BCUT2D eigenvalue weighted by atomic mass is 9.91. The molecule has 5 aromatic rings. The summed E-state index contributed by atoms with van der Waals surface area (Å²) in [7, 11) is 0. The van der Waals surface area contributed by atoms with Gasteiger partial charge in [0.05, 0.1) is 12.4 Å². The average molecular weight is 659 g/mol. The summed E-state index contributed by atoms with van der Waals surface area (Å²) in [6.45, 7) is 1.75. The Morgan fingerprint density at radius 1 is 0.979 bits per heavy atom. The van der Waals surface area contributed by atoms with Crippen molar-refractivity contribution in [1.82, 2.24) is 35.6 Å². The average Bonchev–Trinajstić information content (AvgIpc) is 3.49. The van der Waals surface area contributed by atoms with E-state index >= 15 is 0 Å². The molecule has 14 heteroatoms. The number of anilines is 1. The summed E-state index contributed by atoms with van der Waals surface area (Å²) in [4.78, 5) is 45.1. The smallest absolute Gasteiger partial charge is 0.407 e. The summed E-state index contributed by atoms with van der Waals surface area (Å²) >= 11 is 0. The molecule has 0 aliphatic heterocycles. The molecule has 248 valence electrons. The van der Waals surface area contributed by atoms with Crippen LogP contribution in [0.5, 0.6) is 0 Å². The van der Waals surface area contributed by atoms with Gasteiger partial charge in [-0.05, 0) is 80.5 Å². The van der Waals surface area contributed by atoms with Gasteiger partial charge < -0.3 is 25.7 Å². The number of halogens is 3. The van der Waals surface area contributed by atoms with Gasteiger partial charge in [0.1, 0.15) is 29.6 Å². The van der Waals surface area contributed by atoms with Crippen LogP contribution in [0.2, 0.25) is 0 Å². The highest BCUT2D eigenvalue weighted by molar-refractivity contribution is 5.93. The van der Waals surface area contributed by atoms with E-state index in [0.717, 1.165) is 37.2 Å². The summed E-state index contributed by atoms with van der Waals surface area (Å²) < 4.78 is 47.1. The van der Waals surface area contributed by atoms with Gasteiger partial charge in [-0.25, -0.2) is 32.9 Å². The zero-order chi connectivity index (χ0) is 33.6. The zero-order valence-electron chi connectivity index (χ0n) is 26.0. The minimum Gasteiger partial charge on any atom is -0.445 e. The summed E-state index contributed by atoms with van der Waals surface area (Å²) in [5, 5.41) is 9.39. The lowest BCUT2D eigenvalue weighted by Crippen LogP contribution is -2.42. The number of nitrogens with zero attached hydrogens (tertiary/aromatic N) is 4. The number of aromatic nitrogens is 5. The highest BCUT2D eigenvalue weighted by Crippen LogP contribution is 2.28. The number of carbonyl (C=O) groups is 2. The van der Waals surface area contributed by atoms with E-state index in [4.69, 9.17) is 4.74 Å². The molecule has 1 aromatic carbocycles. The van der Waals surface area contributed by atoms with Crippen molar-refractivity contribution in [2.45, 2.75) is 63.8 Å². The van der Waals surface area contributed by atoms with Crippen LogP contribution in [0.4, 0.5) is 23.8 Å². The maximum Gasteiger partial charge on any atom is 0.407 e. The molecular formula is C34H33F3N8O3. The van der Waals surface area contributed by atoms with E-state index in [2.05, 4.69) is 40.9 Å². The van der Waals surface area contributed by atoms with Crippen molar-refractivity contribution < 1.29 is 27.5 Å². The normalized spacial score (nSPS) is 16.7. The Hall–Kier alpha value is -5.53. The predicted octanol–water partition coefficient (Wildman–Crippen LogP) is 5.84. The quantitative estimate of drug-likeness (QED) is 0.146. The summed E-state index contributed by atoms with van der Waals surface area (Å²) in [5.74, 6) is -1.62. The largest absolute Gasteiger partial charge is 0.445 e. The molecule has 4 N–H and O–H groups in total. The molecule has 1 aliphatic rings. The van der Waals surface area contributed by atoms with Gasteiger partial charge in [-0.2, -0.15) is 0 Å². The fourth-order valence-electron chi connectivity index (χ4n) is 5.77. The highest BCUT2D eigenvalue weighted by Gasteiger charge is 2.26. The third-order valence-electron chi connectivity index (χ3n) is 8.08. The van der Waals surface area contributed by atoms with Crippen molar-refractivity contribution in [1.29, 1.82) is 0 Å². The molecule has 48 heavy (non-hydrogen) atoms. The van der Waals surface area contributed by atoms with Crippen molar-refractivity contribution >= 4 is 28.9 Å². The first kappa shape index (κ1) is 32.4. The van der Waals surface area contributed by atoms with Gasteiger partial charge in [-0.3, -0.25) is 9.78 Å². The molecule has 11 nitrogen and oxygen atoms in total. The number of benzene rings is 1. The molecule has 2 amide bonds. The monoisotopic (exact) mass is 658 g/mol. The lowest BCUT2D eigenvalue weighted by molar-refractivity contribution is 0.0921. The van der Waals surface area contributed by atoms with Crippen LogP contribution in [0.25, 0.3) is 22.4 Å². The van der Waals surface area contributed by atoms with E-state index in [9.17, 15) is 22.8 Å². The number of nitrogens with one attached hydrogen (secondary N) is 4. The molecule has 6 rings (SSSR count). The summed E-state index contributed by atoms with van der Waals surface area (Å²) in [5.41, 5.74) is 2.59. The van der Waals surface area contributed by atoms with Crippen LogP contribution in [0.1, 0.15) is 54.2 Å². The van der Waals surface area contributed by atoms with Crippen molar-refractivity contribution in [2.75, 3.05) is 5.32 Å². The lowest BCUT2D eigenvalue weighted by Gasteiger charge is -2.30. The molecule has 1 fully saturated rings. The second kappa shape index (κ2) is 14.5. The number of H-pyrrole nitrogens is 1. The van der Waals surface area contributed by atoms with E-state index in [1.165, 1.54) is 24.4 Å². The Bertz CT molecular complexity index is 1920. The van der Waals surface area contributed by atoms with Gasteiger partial charge in [-0.1, -0.05) is 12.1 Å². The topological polar surface area (TPSA) is 147 Å². The second-order valence-corrected chi connectivity index (χ2v) is 11.8. The van der Waals surface area contributed by atoms with Gasteiger partial charge in [0, 0.05) is 41.5 Å². The second-order valence-electron chi connectivity index (χ2n) is 11.8. The molecular weight excluding hydrogens is 625 g/mol. The van der Waals surface area contributed by atoms with E-state index < -0.39 is 17.7 Å². The van der Waals surface area contributed by atoms with Crippen LogP contribution < -0.4 is 16.0 Å². The van der Waals surface area contributed by atoms with Crippen molar-refractivity contribution in [3.05, 3.63) is 102 Å². The molecule has 1 saturated carbocycles. The third-order valence-corrected chi connectivity index (χ3v) is 8.08. The minimum atomic E-state index is -0.631. The standard InChI is InChI=1S/C34H33F3N8O3/c1-19(11-20-5-7-22(35)8-6-20)42-34(47)48-18-21-9-10-38-29(12-21)33(46)44-25-4-2-3-24(14-25)43-32-28(37)17-41-31(45-32)27-16-40-30-26(27)13-23(36)15-39-30/h5-10,12-13,15-17,19,24-25H,2-4,11,14,18H2,1H3,(H,39,40)(H,42,47)(H,44,46)(H,41,43,45)/t19?,24-,25+/m1/s1. The number of fused-ring (bicyclic) bond motifs is 1. The van der Waals surface area contributed by atoms with Crippen LogP contribution in [-0.4, -0.2) is 55.0 Å². The molecule has 4 aromatic heterocycles. The van der Waals surface area contributed by atoms with E-state index in [1.54, 1.807) is 30.5 Å². The molecule has 1 unspecified atom stereocenters. The number of aromatic amines is 1.